The molecule has 0 bridgehead atoms. The summed E-state index contributed by atoms with van der Waals surface area (Å²) in [5.74, 6) is 1.14. The summed E-state index contributed by atoms with van der Waals surface area (Å²) in [4.78, 5) is 4.65. The fourth-order valence-electron chi connectivity index (χ4n) is 3.60. The Kier molecular flexibility index (Phi) is 5.26. The van der Waals surface area contributed by atoms with Crippen LogP contribution >= 0.6 is 0 Å². The van der Waals surface area contributed by atoms with Crippen molar-refractivity contribution >= 4 is 0 Å². The first-order valence-electron chi connectivity index (χ1n) is 9.25. The molecule has 0 spiro atoms. The zero-order chi connectivity index (χ0) is 18.6. The Morgan fingerprint density at radius 2 is 1.93 bits per heavy atom. The molecule has 142 valence electrons. The van der Waals surface area contributed by atoms with Gasteiger partial charge >= 0.3 is 0 Å². The molecule has 1 aromatic carbocycles. The van der Waals surface area contributed by atoms with Crippen molar-refractivity contribution in [2.45, 2.75) is 19.5 Å². The molecule has 2 aromatic heterocycles. The molecule has 1 aliphatic heterocycles. The van der Waals surface area contributed by atoms with Crippen molar-refractivity contribution in [2.24, 2.45) is 0 Å². The van der Waals surface area contributed by atoms with E-state index in [9.17, 15) is 4.39 Å². The quantitative estimate of drug-likeness (QED) is 0.663. The molecule has 3 aromatic rings. The van der Waals surface area contributed by atoms with Crippen LogP contribution < -0.4 is 0 Å². The lowest BCUT2D eigenvalue weighted by atomic mass is 10.0. The van der Waals surface area contributed by atoms with Crippen LogP contribution in [-0.4, -0.2) is 62.7 Å². The third kappa shape index (κ3) is 3.77. The van der Waals surface area contributed by atoms with Crippen molar-refractivity contribution in [3.05, 3.63) is 65.6 Å². The van der Waals surface area contributed by atoms with E-state index in [1.165, 1.54) is 6.07 Å². The highest BCUT2D eigenvalue weighted by molar-refractivity contribution is 5.27. The molecule has 1 fully saturated rings. The average molecular weight is 370 g/mol. The highest BCUT2D eigenvalue weighted by atomic mass is 19.1. The van der Waals surface area contributed by atoms with Crippen molar-refractivity contribution in [1.29, 1.82) is 0 Å². The Morgan fingerprint density at radius 3 is 2.63 bits per heavy atom. The largest absolute Gasteiger partial charge is 0.467 e. The first-order chi connectivity index (χ1) is 13.3. The molecule has 0 N–H and O–H groups in total. The van der Waals surface area contributed by atoms with Gasteiger partial charge in [-0.15, -0.1) is 5.10 Å². The maximum absolute atomic E-state index is 14.7. The van der Waals surface area contributed by atoms with E-state index in [4.69, 9.17) is 4.42 Å². The number of benzene rings is 1. The van der Waals surface area contributed by atoms with Gasteiger partial charge in [-0.2, -0.15) is 0 Å². The number of nitrogens with zero attached hydrogens (tertiary/aromatic N) is 6. The molecule has 7 nitrogen and oxygen atoms in total. The molecule has 0 amide bonds. The Hall–Kier alpha value is -2.58. The second kappa shape index (κ2) is 7.98. The third-order valence-corrected chi connectivity index (χ3v) is 5.11. The van der Waals surface area contributed by atoms with Crippen LogP contribution in [0.5, 0.6) is 0 Å². The van der Waals surface area contributed by atoms with Crippen LogP contribution in [0.1, 0.15) is 30.1 Å². The Morgan fingerprint density at radius 1 is 1.11 bits per heavy atom. The third-order valence-electron chi connectivity index (χ3n) is 5.11. The van der Waals surface area contributed by atoms with Crippen LogP contribution in [0.4, 0.5) is 4.39 Å². The van der Waals surface area contributed by atoms with Gasteiger partial charge in [0.25, 0.3) is 0 Å². The maximum atomic E-state index is 14.7. The van der Waals surface area contributed by atoms with Gasteiger partial charge in [-0.1, -0.05) is 25.1 Å². The molecule has 1 saturated heterocycles. The van der Waals surface area contributed by atoms with E-state index in [1.807, 2.05) is 24.3 Å². The number of piperazine rings is 1. The molecule has 0 saturated carbocycles. The highest BCUT2D eigenvalue weighted by Gasteiger charge is 2.32. The summed E-state index contributed by atoms with van der Waals surface area (Å²) < 4.78 is 21.8. The van der Waals surface area contributed by atoms with Gasteiger partial charge in [0.2, 0.25) is 0 Å². The number of halogens is 1. The van der Waals surface area contributed by atoms with Crippen LogP contribution in [0.3, 0.4) is 0 Å². The maximum Gasteiger partial charge on any atom is 0.173 e. The standard InChI is InChI=1S/C19H23FN6O/c1-2-24-9-11-25(12-10-24)18(16-7-3-4-8-17(16)20)19-21-22-23-26(19)14-15-6-5-13-27-15/h3-8,13,18H,2,9-12,14H2,1H3/t18-/m0/s1. The molecule has 8 heteroatoms. The fraction of sp³-hybridized carbons (Fsp3) is 0.421. The number of aromatic nitrogens is 4. The van der Waals surface area contributed by atoms with Gasteiger partial charge in [0, 0.05) is 31.7 Å². The Bertz CT molecular complexity index is 857. The van der Waals surface area contributed by atoms with Crippen molar-refractivity contribution in [1.82, 2.24) is 30.0 Å². The summed E-state index contributed by atoms with van der Waals surface area (Å²) in [6.45, 7) is 7.15. The molecule has 0 radical (unpaired) electrons. The highest BCUT2D eigenvalue weighted by Crippen LogP contribution is 2.30. The number of tetrazole rings is 1. The molecule has 1 atom stereocenters. The van der Waals surface area contributed by atoms with E-state index in [-0.39, 0.29) is 11.9 Å². The van der Waals surface area contributed by atoms with Crippen molar-refractivity contribution in [3.8, 4) is 0 Å². The van der Waals surface area contributed by atoms with Gasteiger partial charge in [0.05, 0.1) is 6.26 Å². The molecule has 27 heavy (non-hydrogen) atoms. The average Bonchev–Trinajstić information content (AvgIpc) is 3.37. The summed E-state index contributed by atoms with van der Waals surface area (Å²) in [5, 5.41) is 12.3. The van der Waals surface area contributed by atoms with Crippen LogP contribution in [0.2, 0.25) is 0 Å². The van der Waals surface area contributed by atoms with Gasteiger partial charge in [-0.3, -0.25) is 4.90 Å². The van der Waals surface area contributed by atoms with Crippen molar-refractivity contribution in [3.63, 3.8) is 0 Å². The summed E-state index contributed by atoms with van der Waals surface area (Å²) in [7, 11) is 0. The Balaban J connectivity index is 1.69. The molecule has 3 heterocycles. The van der Waals surface area contributed by atoms with Crippen LogP contribution in [0.15, 0.2) is 47.1 Å². The van der Waals surface area contributed by atoms with Crippen LogP contribution in [-0.2, 0) is 6.54 Å². The van der Waals surface area contributed by atoms with E-state index in [1.54, 1.807) is 17.0 Å². The molecular formula is C19H23FN6O. The minimum Gasteiger partial charge on any atom is -0.467 e. The SMILES string of the molecule is CCN1CCN([C@@H](c2ccccc2F)c2nnnn2Cc2ccco2)CC1. The normalized spacial score (nSPS) is 17.3. The zero-order valence-electron chi connectivity index (χ0n) is 15.3. The smallest absolute Gasteiger partial charge is 0.173 e. The van der Waals surface area contributed by atoms with Gasteiger partial charge in [-0.05, 0) is 35.2 Å². The second-order valence-corrected chi connectivity index (χ2v) is 6.67. The summed E-state index contributed by atoms with van der Waals surface area (Å²) in [6.07, 6.45) is 1.62. The van der Waals surface area contributed by atoms with E-state index in [0.29, 0.717) is 17.9 Å². The number of hydrogen-bond donors (Lipinski definition) is 0. The predicted octanol–water partition coefficient (Wildman–Crippen LogP) is 2.18. The predicted molar refractivity (Wildman–Crippen MR) is 97.6 cm³/mol. The molecular weight excluding hydrogens is 347 g/mol. The lowest BCUT2D eigenvalue weighted by Gasteiger charge is -2.38. The zero-order valence-corrected chi connectivity index (χ0v) is 15.3. The minimum atomic E-state index is -0.338. The number of rotatable bonds is 6. The fourth-order valence-corrected chi connectivity index (χ4v) is 3.60. The van der Waals surface area contributed by atoms with E-state index >= 15 is 0 Å². The van der Waals surface area contributed by atoms with Gasteiger partial charge in [0.15, 0.2) is 5.82 Å². The first kappa shape index (κ1) is 17.8. The Labute approximate surface area is 157 Å². The van der Waals surface area contributed by atoms with Crippen LogP contribution in [0, 0.1) is 5.82 Å². The van der Waals surface area contributed by atoms with Gasteiger partial charge in [0.1, 0.15) is 24.2 Å². The van der Waals surface area contributed by atoms with E-state index in [0.717, 1.165) is 38.5 Å². The van der Waals surface area contributed by atoms with Crippen LogP contribution in [0.25, 0.3) is 0 Å². The molecule has 0 unspecified atom stereocenters. The molecule has 1 aliphatic rings. The van der Waals surface area contributed by atoms with Gasteiger partial charge in [-0.25, -0.2) is 9.07 Å². The van der Waals surface area contributed by atoms with E-state index in [2.05, 4.69) is 32.2 Å². The molecule has 0 aliphatic carbocycles. The lowest BCUT2D eigenvalue weighted by molar-refractivity contribution is 0.107. The summed E-state index contributed by atoms with van der Waals surface area (Å²) in [6, 6.07) is 10.2. The number of furan rings is 1. The second-order valence-electron chi connectivity index (χ2n) is 6.67. The molecule has 4 rings (SSSR count). The number of likely N-dealkylation sites (N-methyl/N-ethyl adjacent to an activating group) is 1. The summed E-state index contributed by atoms with van der Waals surface area (Å²) in [5.41, 5.74) is 0.595. The minimum absolute atomic E-state index is 0.243. The van der Waals surface area contributed by atoms with E-state index < -0.39 is 0 Å². The van der Waals surface area contributed by atoms with Crippen molar-refractivity contribution in [2.75, 3.05) is 32.7 Å². The topological polar surface area (TPSA) is 63.2 Å². The first-order valence-corrected chi connectivity index (χ1v) is 9.25. The van der Waals surface area contributed by atoms with Crippen molar-refractivity contribution < 1.29 is 8.81 Å². The number of hydrogen-bond acceptors (Lipinski definition) is 6. The monoisotopic (exact) mass is 370 g/mol. The summed E-state index contributed by atoms with van der Waals surface area (Å²) >= 11 is 0. The lowest BCUT2D eigenvalue weighted by Crippen LogP contribution is -2.48. The van der Waals surface area contributed by atoms with Gasteiger partial charge < -0.3 is 9.32 Å².